The van der Waals surface area contributed by atoms with Crippen molar-refractivity contribution in [1.82, 2.24) is 15.6 Å². The van der Waals surface area contributed by atoms with Gasteiger partial charge >= 0.3 is 0 Å². The van der Waals surface area contributed by atoms with Crippen molar-refractivity contribution in [3.8, 4) is 0 Å². The second kappa shape index (κ2) is 5.32. The fraction of sp³-hybridized carbons (Fsp3) is 0.357. The van der Waals surface area contributed by atoms with Gasteiger partial charge in [-0.25, -0.2) is 5.43 Å². The van der Waals surface area contributed by atoms with Crippen LogP contribution >= 0.6 is 0 Å². The van der Waals surface area contributed by atoms with Crippen molar-refractivity contribution in [2.75, 3.05) is 0 Å². The van der Waals surface area contributed by atoms with E-state index >= 15 is 0 Å². The Morgan fingerprint density at radius 2 is 2.30 bits per heavy atom. The summed E-state index contributed by atoms with van der Waals surface area (Å²) in [6.07, 6.45) is 5.67. The van der Waals surface area contributed by atoms with Gasteiger partial charge in [-0.3, -0.25) is 9.89 Å². The second-order valence-electron chi connectivity index (χ2n) is 4.85. The minimum atomic E-state index is -0.282. The van der Waals surface area contributed by atoms with Crippen molar-refractivity contribution in [1.29, 1.82) is 0 Å². The zero-order valence-electron chi connectivity index (χ0n) is 11.3. The summed E-state index contributed by atoms with van der Waals surface area (Å²) in [6, 6.07) is 3.57. The molecule has 3 rings (SSSR count). The standard InChI is InChI=1S/C14H16N4O2/c1-9(12-7-4-8-20-12)15-18-14(19)13-10-5-2-3-6-11(10)16-17-13/h4,7-8H,2-3,5-6H2,1H3,(H,16,17)(H,18,19)/b15-9-. The minimum Gasteiger partial charge on any atom is -0.463 e. The molecule has 0 fully saturated rings. The van der Waals surface area contributed by atoms with Crippen LogP contribution in [0.4, 0.5) is 0 Å². The van der Waals surface area contributed by atoms with Crippen LogP contribution in [-0.4, -0.2) is 21.8 Å². The van der Waals surface area contributed by atoms with E-state index in [2.05, 4.69) is 20.7 Å². The monoisotopic (exact) mass is 272 g/mol. The van der Waals surface area contributed by atoms with Crippen LogP contribution in [0.1, 0.15) is 47.3 Å². The van der Waals surface area contributed by atoms with Crippen LogP contribution in [0.5, 0.6) is 0 Å². The fourth-order valence-corrected chi connectivity index (χ4v) is 2.40. The summed E-state index contributed by atoms with van der Waals surface area (Å²) in [6.45, 7) is 1.78. The molecule has 0 radical (unpaired) electrons. The zero-order valence-corrected chi connectivity index (χ0v) is 11.3. The van der Waals surface area contributed by atoms with Crippen molar-refractivity contribution < 1.29 is 9.21 Å². The molecule has 0 saturated carbocycles. The zero-order chi connectivity index (χ0) is 13.9. The number of nitrogens with one attached hydrogen (secondary N) is 2. The lowest BCUT2D eigenvalue weighted by Gasteiger charge is -2.10. The average Bonchev–Trinajstić information content (AvgIpc) is 3.13. The number of carbonyl (C=O) groups excluding carboxylic acids is 1. The molecular weight excluding hydrogens is 256 g/mol. The van der Waals surface area contributed by atoms with Gasteiger partial charge in [-0.05, 0) is 44.7 Å². The first-order chi connectivity index (χ1) is 9.75. The van der Waals surface area contributed by atoms with Gasteiger partial charge in [-0.15, -0.1) is 0 Å². The number of nitrogens with zero attached hydrogens (tertiary/aromatic N) is 2. The molecule has 6 heteroatoms. The fourth-order valence-electron chi connectivity index (χ4n) is 2.40. The number of hydrogen-bond donors (Lipinski definition) is 2. The third-order valence-electron chi connectivity index (χ3n) is 3.47. The highest BCUT2D eigenvalue weighted by Gasteiger charge is 2.21. The molecule has 2 heterocycles. The van der Waals surface area contributed by atoms with E-state index in [9.17, 15) is 4.79 Å². The van der Waals surface area contributed by atoms with Gasteiger partial charge in [0, 0.05) is 11.3 Å². The number of aryl methyl sites for hydroxylation is 1. The number of H-pyrrole nitrogens is 1. The van der Waals surface area contributed by atoms with Gasteiger partial charge < -0.3 is 4.42 Å². The first kappa shape index (κ1) is 12.7. The number of fused-ring (bicyclic) bond motifs is 1. The number of rotatable bonds is 3. The Balaban J connectivity index is 1.74. The molecule has 0 aliphatic heterocycles. The van der Waals surface area contributed by atoms with Crippen LogP contribution in [0.3, 0.4) is 0 Å². The first-order valence-electron chi connectivity index (χ1n) is 6.70. The van der Waals surface area contributed by atoms with Gasteiger partial charge in [0.05, 0.1) is 6.26 Å². The molecule has 0 saturated heterocycles. The number of carbonyl (C=O) groups is 1. The van der Waals surface area contributed by atoms with E-state index in [1.165, 1.54) is 0 Å². The molecule has 2 aromatic heterocycles. The summed E-state index contributed by atoms with van der Waals surface area (Å²) in [7, 11) is 0. The molecule has 0 bridgehead atoms. The van der Waals surface area contributed by atoms with Crippen LogP contribution in [0.25, 0.3) is 0 Å². The van der Waals surface area contributed by atoms with Crippen LogP contribution in [0.2, 0.25) is 0 Å². The molecule has 20 heavy (non-hydrogen) atoms. The van der Waals surface area contributed by atoms with Gasteiger partial charge in [0.2, 0.25) is 0 Å². The molecule has 1 aliphatic rings. The number of aromatic amines is 1. The molecule has 6 nitrogen and oxygen atoms in total. The Labute approximate surface area is 116 Å². The molecule has 104 valence electrons. The highest BCUT2D eigenvalue weighted by molar-refractivity contribution is 5.99. The van der Waals surface area contributed by atoms with Crippen molar-refractivity contribution in [2.24, 2.45) is 5.10 Å². The molecule has 2 aromatic rings. The summed E-state index contributed by atoms with van der Waals surface area (Å²) in [5, 5.41) is 11.1. The summed E-state index contributed by atoms with van der Waals surface area (Å²) in [4.78, 5) is 12.1. The quantitative estimate of drug-likeness (QED) is 0.662. The smallest absolute Gasteiger partial charge is 0.292 e. The lowest BCUT2D eigenvalue weighted by molar-refractivity contribution is 0.0948. The maximum atomic E-state index is 12.1. The number of hydrogen-bond acceptors (Lipinski definition) is 4. The number of hydrazone groups is 1. The lowest BCUT2D eigenvalue weighted by Crippen LogP contribution is -2.21. The first-order valence-corrected chi connectivity index (χ1v) is 6.70. The van der Waals surface area contributed by atoms with Crippen LogP contribution in [-0.2, 0) is 12.8 Å². The van der Waals surface area contributed by atoms with Gasteiger partial charge in [0.15, 0.2) is 5.69 Å². The van der Waals surface area contributed by atoms with E-state index in [0.717, 1.165) is 36.9 Å². The van der Waals surface area contributed by atoms with E-state index in [4.69, 9.17) is 4.42 Å². The number of aromatic nitrogens is 2. The van der Waals surface area contributed by atoms with Crippen LogP contribution < -0.4 is 5.43 Å². The van der Waals surface area contributed by atoms with E-state index < -0.39 is 0 Å². The van der Waals surface area contributed by atoms with Crippen LogP contribution in [0, 0.1) is 0 Å². The van der Waals surface area contributed by atoms with E-state index in [0.29, 0.717) is 17.2 Å². The molecule has 0 unspecified atom stereocenters. The largest absolute Gasteiger partial charge is 0.463 e. The Hall–Kier alpha value is -2.37. The summed E-state index contributed by atoms with van der Waals surface area (Å²) < 4.78 is 5.20. The predicted octanol–water partition coefficient (Wildman–Crippen LogP) is 2.04. The Bertz CT molecular complexity index is 640. The second-order valence-corrected chi connectivity index (χ2v) is 4.85. The summed E-state index contributed by atoms with van der Waals surface area (Å²) >= 11 is 0. The summed E-state index contributed by atoms with van der Waals surface area (Å²) in [5.41, 5.74) is 5.71. The molecule has 0 spiro atoms. The predicted molar refractivity (Wildman–Crippen MR) is 73.6 cm³/mol. The highest BCUT2D eigenvalue weighted by atomic mass is 16.3. The van der Waals surface area contributed by atoms with Gasteiger partial charge in [-0.1, -0.05) is 0 Å². The highest BCUT2D eigenvalue weighted by Crippen LogP contribution is 2.21. The topological polar surface area (TPSA) is 83.3 Å². The number of amides is 1. The maximum absolute atomic E-state index is 12.1. The lowest BCUT2D eigenvalue weighted by atomic mass is 9.96. The van der Waals surface area contributed by atoms with E-state index in [-0.39, 0.29) is 5.91 Å². The van der Waals surface area contributed by atoms with E-state index in [1.807, 2.05) is 0 Å². The molecule has 2 N–H and O–H groups in total. The maximum Gasteiger partial charge on any atom is 0.292 e. The third kappa shape index (κ3) is 2.36. The normalized spacial score (nSPS) is 14.9. The number of furan rings is 1. The molecule has 1 amide bonds. The van der Waals surface area contributed by atoms with Crippen molar-refractivity contribution in [2.45, 2.75) is 32.6 Å². The minimum absolute atomic E-state index is 0.282. The van der Waals surface area contributed by atoms with E-state index in [1.54, 1.807) is 25.3 Å². The Morgan fingerprint density at radius 1 is 1.45 bits per heavy atom. The molecule has 1 aliphatic carbocycles. The molecule has 0 atom stereocenters. The van der Waals surface area contributed by atoms with Gasteiger partial charge in [-0.2, -0.15) is 10.2 Å². The van der Waals surface area contributed by atoms with Crippen molar-refractivity contribution in [3.05, 3.63) is 41.1 Å². The molecular formula is C14H16N4O2. The van der Waals surface area contributed by atoms with Crippen molar-refractivity contribution >= 4 is 11.6 Å². The van der Waals surface area contributed by atoms with Gasteiger partial charge in [0.1, 0.15) is 11.5 Å². The summed E-state index contributed by atoms with van der Waals surface area (Å²) in [5.74, 6) is 0.352. The average molecular weight is 272 g/mol. The van der Waals surface area contributed by atoms with Gasteiger partial charge in [0.25, 0.3) is 5.91 Å². The third-order valence-corrected chi connectivity index (χ3v) is 3.47. The van der Waals surface area contributed by atoms with Crippen molar-refractivity contribution in [3.63, 3.8) is 0 Å². The SMILES string of the molecule is C/C(=N/NC(=O)c1n[nH]c2c1CCCC2)c1ccco1. The molecule has 0 aromatic carbocycles. The Kier molecular flexibility index (Phi) is 3.37. The van der Waals surface area contributed by atoms with Crippen LogP contribution in [0.15, 0.2) is 27.9 Å². The Morgan fingerprint density at radius 3 is 3.10 bits per heavy atom.